The van der Waals surface area contributed by atoms with Gasteiger partial charge in [-0.1, -0.05) is 19.1 Å². The molecule has 0 aliphatic heterocycles. The van der Waals surface area contributed by atoms with E-state index < -0.39 is 0 Å². The maximum atomic E-state index is 12.1. The summed E-state index contributed by atoms with van der Waals surface area (Å²) in [5.41, 5.74) is 2.03. The largest absolute Gasteiger partial charge is 0.357 e. The first-order valence-corrected chi connectivity index (χ1v) is 9.98. The smallest absolute Gasteiger partial charge is 0.246 e. The molecule has 0 saturated carbocycles. The maximum absolute atomic E-state index is 12.1. The number of carbonyl (C=O) groups is 1. The lowest BCUT2D eigenvalue weighted by atomic mass is 10.1. The molecule has 25 heavy (non-hydrogen) atoms. The van der Waals surface area contributed by atoms with Crippen LogP contribution in [0.4, 0.5) is 5.69 Å². The number of hydrogen-bond donors (Lipinski definition) is 3. The summed E-state index contributed by atoms with van der Waals surface area (Å²) in [6.07, 6.45) is 5.35. The summed E-state index contributed by atoms with van der Waals surface area (Å²) in [5, 5.41) is 9.33. The third-order valence-corrected chi connectivity index (χ3v) is 4.11. The van der Waals surface area contributed by atoms with Gasteiger partial charge in [-0.3, -0.25) is 4.79 Å². The van der Waals surface area contributed by atoms with Crippen molar-refractivity contribution in [3.63, 3.8) is 0 Å². The van der Waals surface area contributed by atoms with Gasteiger partial charge in [0.25, 0.3) is 0 Å². The highest BCUT2D eigenvalue weighted by Crippen LogP contribution is 2.10. The number of anilines is 1. The highest BCUT2D eigenvalue weighted by atomic mass is 127. The fraction of sp³-hybridized carbons (Fsp3) is 0.556. The molecule has 7 heteroatoms. The molecule has 1 aromatic carbocycles. The molecule has 0 bridgehead atoms. The zero-order chi connectivity index (χ0) is 17.6. The van der Waals surface area contributed by atoms with Crippen molar-refractivity contribution in [3.8, 4) is 0 Å². The topological polar surface area (TPSA) is 65.5 Å². The van der Waals surface area contributed by atoms with Crippen LogP contribution < -0.4 is 16.0 Å². The van der Waals surface area contributed by atoms with Gasteiger partial charge >= 0.3 is 0 Å². The average molecular weight is 478 g/mol. The summed E-state index contributed by atoms with van der Waals surface area (Å²) in [4.78, 5) is 16.4. The van der Waals surface area contributed by atoms with E-state index in [2.05, 4.69) is 40.2 Å². The third kappa shape index (κ3) is 11.3. The lowest BCUT2D eigenvalue weighted by Gasteiger charge is -2.11. The molecular formula is C18H31IN4OS. The first-order chi connectivity index (χ1) is 11.7. The van der Waals surface area contributed by atoms with Gasteiger partial charge in [-0.05, 0) is 55.9 Å². The second-order valence-electron chi connectivity index (χ2n) is 5.42. The van der Waals surface area contributed by atoms with Crippen LogP contribution in [0.3, 0.4) is 0 Å². The molecule has 1 aromatic rings. The number of guanidine groups is 1. The fourth-order valence-electron chi connectivity index (χ4n) is 2.14. The Balaban J connectivity index is 0.00000576. The summed E-state index contributed by atoms with van der Waals surface area (Å²) < 4.78 is 0. The van der Waals surface area contributed by atoms with Crippen LogP contribution in [-0.4, -0.2) is 43.5 Å². The monoisotopic (exact) mass is 478 g/mol. The number of rotatable bonds is 10. The zero-order valence-electron chi connectivity index (χ0n) is 15.4. The van der Waals surface area contributed by atoms with E-state index >= 15 is 0 Å². The van der Waals surface area contributed by atoms with Gasteiger partial charge in [-0.2, -0.15) is 11.8 Å². The first-order valence-electron chi connectivity index (χ1n) is 8.59. The molecule has 0 unspecified atom stereocenters. The summed E-state index contributed by atoms with van der Waals surface area (Å²) in [7, 11) is 0. The minimum absolute atomic E-state index is 0. The Morgan fingerprint density at radius 3 is 2.68 bits per heavy atom. The number of unbranched alkanes of at least 4 members (excludes halogenated alkanes) is 1. The van der Waals surface area contributed by atoms with Crippen molar-refractivity contribution >= 4 is 53.3 Å². The number of nitrogens with one attached hydrogen (secondary N) is 3. The standard InChI is InChI=1S/C18H30N4OS.HI/c1-4-15-9-8-10-16(13-15)22-17(23)14-21-18(19-5-2)20-11-6-7-12-24-3;/h8-10,13H,4-7,11-12,14H2,1-3H3,(H,22,23)(H2,19,20,21);1H. The van der Waals surface area contributed by atoms with E-state index in [1.165, 1.54) is 17.7 Å². The van der Waals surface area contributed by atoms with Crippen molar-refractivity contribution in [2.75, 3.05) is 37.0 Å². The molecule has 0 aliphatic carbocycles. The Hall–Kier alpha value is -0.960. The molecule has 0 heterocycles. The third-order valence-electron chi connectivity index (χ3n) is 3.41. The summed E-state index contributed by atoms with van der Waals surface area (Å²) in [6.45, 7) is 5.86. The Morgan fingerprint density at radius 2 is 2.00 bits per heavy atom. The number of benzene rings is 1. The lowest BCUT2D eigenvalue weighted by Crippen LogP contribution is -2.38. The predicted molar refractivity (Wildman–Crippen MR) is 121 cm³/mol. The Bertz CT molecular complexity index is 526. The maximum Gasteiger partial charge on any atom is 0.246 e. The summed E-state index contributed by atoms with van der Waals surface area (Å²) >= 11 is 1.86. The number of halogens is 1. The summed E-state index contributed by atoms with van der Waals surface area (Å²) in [6, 6.07) is 7.91. The van der Waals surface area contributed by atoms with Crippen LogP contribution in [0.25, 0.3) is 0 Å². The van der Waals surface area contributed by atoms with Crippen LogP contribution in [0.5, 0.6) is 0 Å². The first kappa shape index (κ1) is 24.0. The van der Waals surface area contributed by atoms with E-state index in [1.807, 2.05) is 36.9 Å². The van der Waals surface area contributed by atoms with Crippen LogP contribution >= 0.6 is 35.7 Å². The average Bonchev–Trinajstić information content (AvgIpc) is 2.59. The van der Waals surface area contributed by atoms with Crippen LogP contribution in [0, 0.1) is 0 Å². The molecule has 0 fully saturated rings. The van der Waals surface area contributed by atoms with Crippen molar-refractivity contribution < 1.29 is 4.79 Å². The molecule has 3 N–H and O–H groups in total. The molecule has 0 atom stereocenters. The fourth-order valence-corrected chi connectivity index (χ4v) is 2.63. The van der Waals surface area contributed by atoms with Crippen molar-refractivity contribution in [3.05, 3.63) is 29.8 Å². The molecule has 1 amide bonds. The number of amides is 1. The van der Waals surface area contributed by atoms with Gasteiger partial charge in [0.2, 0.25) is 5.91 Å². The minimum atomic E-state index is -0.108. The second-order valence-corrected chi connectivity index (χ2v) is 6.41. The highest BCUT2D eigenvalue weighted by Gasteiger charge is 2.03. The molecule has 142 valence electrons. The highest BCUT2D eigenvalue weighted by molar-refractivity contribution is 14.0. The predicted octanol–water partition coefficient (Wildman–Crippen LogP) is 3.50. The van der Waals surface area contributed by atoms with Gasteiger partial charge in [0.15, 0.2) is 5.96 Å². The number of aryl methyl sites for hydroxylation is 1. The van der Waals surface area contributed by atoms with E-state index in [1.54, 1.807) is 0 Å². The van der Waals surface area contributed by atoms with Crippen LogP contribution in [0.1, 0.15) is 32.3 Å². The normalized spacial score (nSPS) is 10.8. The Labute approximate surface area is 173 Å². The van der Waals surface area contributed by atoms with Gasteiger partial charge in [0.05, 0.1) is 0 Å². The van der Waals surface area contributed by atoms with Crippen molar-refractivity contribution in [1.82, 2.24) is 10.6 Å². The molecular weight excluding hydrogens is 447 g/mol. The quantitative estimate of drug-likeness (QED) is 0.209. The number of nitrogens with zero attached hydrogens (tertiary/aromatic N) is 1. The van der Waals surface area contributed by atoms with E-state index in [0.717, 1.165) is 31.6 Å². The molecule has 5 nitrogen and oxygen atoms in total. The van der Waals surface area contributed by atoms with Crippen LogP contribution in [0.2, 0.25) is 0 Å². The van der Waals surface area contributed by atoms with Crippen molar-refractivity contribution in [2.45, 2.75) is 33.1 Å². The van der Waals surface area contributed by atoms with E-state index in [0.29, 0.717) is 5.96 Å². The molecule has 1 rings (SSSR count). The van der Waals surface area contributed by atoms with Gasteiger partial charge in [-0.25, -0.2) is 4.99 Å². The molecule has 0 aromatic heterocycles. The van der Waals surface area contributed by atoms with Crippen molar-refractivity contribution in [2.24, 2.45) is 4.99 Å². The van der Waals surface area contributed by atoms with Gasteiger partial charge in [0.1, 0.15) is 6.54 Å². The second kappa shape index (κ2) is 15.3. The number of hydrogen-bond acceptors (Lipinski definition) is 3. The lowest BCUT2D eigenvalue weighted by molar-refractivity contribution is -0.114. The zero-order valence-corrected chi connectivity index (χ0v) is 18.6. The Kier molecular flexibility index (Phi) is 14.7. The summed E-state index contributed by atoms with van der Waals surface area (Å²) in [5.74, 6) is 1.76. The van der Waals surface area contributed by atoms with Gasteiger partial charge in [-0.15, -0.1) is 24.0 Å². The van der Waals surface area contributed by atoms with E-state index in [9.17, 15) is 4.79 Å². The molecule has 0 aliphatic rings. The van der Waals surface area contributed by atoms with Gasteiger partial charge < -0.3 is 16.0 Å². The van der Waals surface area contributed by atoms with Crippen molar-refractivity contribution in [1.29, 1.82) is 0 Å². The number of aliphatic imine (C=N–C) groups is 1. The molecule has 0 radical (unpaired) electrons. The Morgan fingerprint density at radius 1 is 1.20 bits per heavy atom. The minimum Gasteiger partial charge on any atom is -0.357 e. The molecule has 0 saturated heterocycles. The van der Waals surface area contributed by atoms with E-state index in [4.69, 9.17) is 0 Å². The number of thioether (sulfide) groups is 1. The SMILES string of the molecule is CCNC(=NCC(=O)Nc1cccc(CC)c1)NCCCCSC.I. The van der Waals surface area contributed by atoms with E-state index in [-0.39, 0.29) is 36.4 Å². The van der Waals surface area contributed by atoms with Gasteiger partial charge in [0, 0.05) is 18.8 Å². The van der Waals surface area contributed by atoms with Crippen LogP contribution in [-0.2, 0) is 11.2 Å². The van der Waals surface area contributed by atoms with Crippen LogP contribution in [0.15, 0.2) is 29.3 Å². The molecule has 0 spiro atoms. The number of carbonyl (C=O) groups excluding carboxylic acids is 1.